The molecule has 0 aliphatic carbocycles. The van der Waals surface area contributed by atoms with Crippen LogP contribution in [0.25, 0.3) is 0 Å². The van der Waals surface area contributed by atoms with E-state index in [1.807, 2.05) is 31.3 Å². The Morgan fingerprint density at radius 1 is 1.44 bits per heavy atom. The van der Waals surface area contributed by atoms with Gasteiger partial charge in [-0.15, -0.1) is 0 Å². The number of benzene rings is 1. The molecule has 4 heteroatoms. The van der Waals surface area contributed by atoms with E-state index in [1.165, 1.54) is 0 Å². The van der Waals surface area contributed by atoms with E-state index in [-0.39, 0.29) is 5.91 Å². The Labute approximate surface area is 108 Å². The Kier molecular flexibility index (Phi) is 4.20. The van der Waals surface area contributed by atoms with E-state index in [0.29, 0.717) is 11.5 Å². The highest BCUT2D eigenvalue weighted by atomic mass is 16.5. The van der Waals surface area contributed by atoms with Gasteiger partial charge in [-0.3, -0.25) is 4.79 Å². The molecule has 1 aromatic rings. The smallest absolute Gasteiger partial charge is 0.253 e. The van der Waals surface area contributed by atoms with E-state index in [1.54, 1.807) is 12.0 Å². The van der Waals surface area contributed by atoms with Gasteiger partial charge in [0.25, 0.3) is 5.91 Å². The van der Waals surface area contributed by atoms with Gasteiger partial charge in [0.1, 0.15) is 5.75 Å². The van der Waals surface area contributed by atoms with Crippen LogP contribution in [0.1, 0.15) is 16.8 Å². The van der Waals surface area contributed by atoms with E-state index in [4.69, 9.17) is 4.74 Å². The molecular weight excluding hydrogens is 228 g/mol. The van der Waals surface area contributed by atoms with Gasteiger partial charge in [-0.05, 0) is 49.7 Å². The molecule has 1 unspecified atom stereocenters. The highest BCUT2D eigenvalue weighted by Crippen LogP contribution is 2.14. The Morgan fingerprint density at radius 2 is 2.17 bits per heavy atom. The number of methoxy groups -OCH3 is 1. The first-order valence-electron chi connectivity index (χ1n) is 6.31. The Morgan fingerprint density at radius 3 is 2.72 bits per heavy atom. The maximum absolute atomic E-state index is 12.2. The van der Waals surface area contributed by atoms with Crippen LogP contribution in [-0.4, -0.2) is 44.6 Å². The van der Waals surface area contributed by atoms with Crippen LogP contribution in [0.15, 0.2) is 24.3 Å². The molecule has 1 heterocycles. The summed E-state index contributed by atoms with van der Waals surface area (Å²) in [4.78, 5) is 14.0. The molecule has 0 aromatic heterocycles. The molecule has 1 amide bonds. The van der Waals surface area contributed by atoms with Gasteiger partial charge in [-0.1, -0.05) is 0 Å². The first-order chi connectivity index (χ1) is 8.70. The zero-order valence-corrected chi connectivity index (χ0v) is 11.0. The Hall–Kier alpha value is -1.55. The molecule has 2 rings (SSSR count). The van der Waals surface area contributed by atoms with Crippen molar-refractivity contribution < 1.29 is 9.53 Å². The van der Waals surface area contributed by atoms with Crippen LogP contribution in [0.5, 0.6) is 5.75 Å². The van der Waals surface area contributed by atoms with Crippen LogP contribution in [-0.2, 0) is 0 Å². The lowest BCUT2D eigenvalue weighted by molar-refractivity contribution is 0.0776. The van der Waals surface area contributed by atoms with Gasteiger partial charge in [0.15, 0.2) is 0 Å². The summed E-state index contributed by atoms with van der Waals surface area (Å²) in [6.45, 7) is 2.90. The van der Waals surface area contributed by atoms with Gasteiger partial charge in [0.2, 0.25) is 0 Å². The highest BCUT2D eigenvalue weighted by Gasteiger charge is 2.19. The number of hydrogen-bond donors (Lipinski definition) is 1. The predicted molar refractivity (Wildman–Crippen MR) is 70.9 cm³/mol. The fourth-order valence-electron chi connectivity index (χ4n) is 2.29. The van der Waals surface area contributed by atoms with Crippen molar-refractivity contribution in [3.05, 3.63) is 29.8 Å². The Bertz CT molecular complexity index is 397. The van der Waals surface area contributed by atoms with Crippen LogP contribution in [0, 0.1) is 5.92 Å². The second kappa shape index (κ2) is 5.87. The molecule has 1 saturated heterocycles. The number of carbonyl (C=O) groups excluding carboxylic acids is 1. The maximum atomic E-state index is 12.2. The van der Waals surface area contributed by atoms with Gasteiger partial charge in [0.05, 0.1) is 7.11 Å². The minimum atomic E-state index is 0.0737. The fourth-order valence-corrected chi connectivity index (χ4v) is 2.29. The average Bonchev–Trinajstić information content (AvgIpc) is 2.91. The van der Waals surface area contributed by atoms with Gasteiger partial charge in [0, 0.05) is 19.2 Å². The summed E-state index contributed by atoms with van der Waals surface area (Å²) < 4.78 is 5.08. The lowest BCUT2D eigenvalue weighted by Crippen LogP contribution is -2.32. The molecule has 0 saturated carbocycles. The summed E-state index contributed by atoms with van der Waals surface area (Å²) in [6.07, 6.45) is 1.15. The lowest BCUT2D eigenvalue weighted by Gasteiger charge is -2.20. The number of nitrogens with zero attached hydrogens (tertiary/aromatic N) is 1. The molecule has 0 bridgehead atoms. The average molecular weight is 248 g/mol. The van der Waals surface area contributed by atoms with Gasteiger partial charge >= 0.3 is 0 Å². The summed E-state index contributed by atoms with van der Waals surface area (Å²) in [7, 11) is 3.49. The van der Waals surface area contributed by atoms with Crippen molar-refractivity contribution in [1.82, 2.24) is 10.2 Å². The van der Waals surface area contributed by atoms with Crippen LogP contribution in [0.4, 0.5) is 0 Å². The molecule has 1 aliphatic rings. The van der Waals surface area contributed by atoms with E-state index < -0.39 is 0 Å². The minimum Gasteiger partial charge on any atom is -0.497 e. The highest BCUT2D eigenvalue weighted by molar-refractivity contribution is 5.94. The SMILES string of the molecule is COc1ccc(C(=O)N(C)CC2CCNC2)cc1. The molecule has 0 spiro atoms. The molecule has 0 radical (unpaired) electrons. The van der Waals surface area contributed by atoms with Crippen molar-refractivity contribution in [2.75, 3.05) is 33.8 Å². The van der Waals surface area contributed by atoms with E-state index >= 15 is 0 Å². The topological polar surface area (TPSA) is 41.6 Å². The molecule has 1 N–H and O–H groups in total. The quantitative estimate of drug-likeness (QED) is 0.875. The molecule has 1 atom stereocenters. The van der Waals surface area contributed by atoms with Gasteiger partial charge in [-0.25, -0.2) is 0 Å². The van der Waals surface area contributed by atoms with Gasteiger partial charge < -0.3 is 15.0 Å². The van der Waals surface area contributed by atoms with Gasteiger partial charge in [-0.2, -0.15) is 0 Å². The number of nitrogens with one attached hydrogen (secondary N) is 1. The molecule has 1 aromatic carbocycles. The summed E-state index contributed by atoms with van der Waals surface area (Å²) in [5.74, 6) is 1.43. The number of amides is 1. The van der Waals surface area contributed by atoms with Crippen molar-refractivity contribution in [2.24, 2.45) is 5.92 Å². The van der Waals surface area contributed by atoms with E-state index in [9.17, 15) is 4.79 Å². The molecule has 1 fully saturated rings. The van der Waals surface area contributed by atoms with Crippen molar-refractivity contribution in [3.63, 3.8) is 0 Å². The molecule has 1 aliphatic heterocycles. The molecule has 18 heavy (non-hydrogen) atoms. The maximum Gasteiger partial charge on any atom is 0.253 e. The van der Waals surface area contributed by atoms with Crippen LogP contribution >= 0.6 is 0 Å². The summed E-state index contributed by atoms with van der Waals surface area (Å²) in [5, 5.41) is 3.32. The Balaban J connectivity index is 1.95. The largest absolute Gasteiger partial charge is 0.497 e. The third kappa shape index (κ3) is 3.01. The molecular formula is C14H20N2O2. The summed E-state index contributed by atoms with van der Waals surface area (Å²) in [5.41, 5.74) is 0.712. The van der Waals surface area contributed by atoms with Crippen molar-refractivity contribution in [2.45, 2.75) is 6.42 Å². The number of rotatable bonds is 4. The first-order valence-corrected chi connectivity index (χ1v) is 6.31. The second-order valence-electron chi connectivity index (χ2n) is 4.77. The monoisotopic (exact) mass is 248 g/mol. The molecule has 4 nitrogen and oxygen atoms in total. The van der Waals surface area contributed by atoms with Crippen molar-refractivity contribution in [3.8, 4) is 5.75 Å². The second-order valence-corrected chi connectivity index (χ2v) is 4.77. The summed E-state index contributed by atoms with van der Waals surface area (Å²) in [6, 6.07) is 7.26. The third-order valence-corrected chi connectivity index (χ3v) is 3.38. The minimum absolute atomic E-state index is 0.0737. The third-order valence-electron chi connectivity index (χ3n) is 3.38. The summed E-state index contributed by atoms with van der Waals surface area (Å²) >= 11 is 0. The first kappa shape index (κ1) is 12.9. The number of carbonyl (C=O) groups is 1. The number of ether oxygens (including phenoxy) is 1. The zero-order chi connectivity index (χ0) is 13.0. The molecule has 98 valence electrons. The zero-order valence-electron chi connectivity index (χ0n) is 11.0. The van der Waals surface area contributed by atoms with E-state index in [0.717, 1.165) is 31.8 Å². The lowest BCUT2D eigenvalue weighted by atomic mass is 10.1. The predicted octanol–water partition coefficient (Wildman–Crippen LogP) is 1.38. The van der Waals surface area contributed by atoms with Crippen LogP contribution in [0.3, 0.4) is 0 Å². The fraction of sp³-hybridized carbons (Fsp3) is 0.500. The van der Waals surface area contributed by atoms with E-state index in [2.05, 4.69) is 5.32 Å². The normalized spacial score (nSPS) is 18.7. The van der Waals surface area contributed by atoms with Crippen molar-refractivity contribution in [1.29, 1.82) is 0 Å². The van der Waals surface area contributed by atoms with Crippen molar-refractivity contribution >= 4 is 5.91 Å². The van der Waals surface area contributed by atoms with Crippen LogP contribution < -0.4 is 10.1 Å². The number of hydrogen-bond acceptors (Lipinski definition) is 3. The van der Waals surface area contributed by atoms with Crippen LogP contribution in [0.2, 0.25) is 0 Å². The standard InChI is InChI=1S/C14H20N2O2/c1-16(10-11-7-8-15-9-11)14(17)12-3-5-13(18-2)6-4-12/h3-6,11,15H,7-10H2,1-2H3.